The Kier molecular flexibility index (Phi) is 6.82. The van der Waals surface area contributed by atoms with Gasteiger partial charge in [0.05, 0.1) is 31.2 Å². The van der Waals surface area contributed by atoms with Crippen molar-refractivity contribution in [3.05, 3.63) is 59.0 Å². The van der Waals surface area contributed by atoms with Crippen LogP contribution in [-0.4, -0.2) is 49.8 Å². The molecule has 0 saturated carbocycles. The van der Waals surface area contributed by atoms with Gasteiger partial charge in [0.15, 0.2) is 0 Å². The van der Waals surface area contributed by atoms with Gasteiger partial charge in [-0.1, -0.05) is 19.1 Å². The van der Waals surface area contributed by atoms with E-state index in [2.05, 4.69) is 0 Å². The van der Waals surface area contributed by atoms with Crippen LogP contribution in [0.2, 0.25) is 0 Å². The van der Waals surface area contributed by atoms with Crippen molar-refractivity contribution in [2.45, 2.75) is 6.92 Å². The predicted molar refractivity (Wildman–Crippen MR) is 113 cm³/mol. The summed E-state index contributed by atoms with van der Waals surface area (Å²) in [5.74, 6) is 2.21. The van der Waals surface area contributed by atoms with E-state index >= 15 is 0 Å². The third kappa shape index (κ3) is 4.56. The minimum atomic E-state index is -0.297. The molecule has 0 N–H and O–H groups in total. The second kappa shape index (κ2) is 9.52. The van der Waals surface area contributed by atoms with Crippen LogP contribution in [0.4, 0.5) is 0 Å². The first-order valence-corrected chi connectivity index (χ1v) is 10.2. The summed E-state index contributed by atoms with van der Waals surface area (Å²) in [4.78, 5) is 27.6. The molecule has 0 fully saturated rings. The Morgan fingerprint density at radius 3 is 1.93 bits per heavy atom. The van der Waals surface area contributed by atoms with Crippen molar-refractivity contribution in [1.29, 1.82) is 0 Å². The molecular weight excluding hydrogens is 390 g/mol. The zero-order chi connectivity index (χ0) is 20.8. The lowest BCUT2D eigenvalue weighted by molar-refractivity contribution is -0.136. The average Bonchev–Trinajstić information content (AvgIpc) is 2.99. The first kappa shape index (κ1) is 20.8. The standard InChI is InChI=1S/C22H23NO5S/c1-4-29-20-19(15-5-7-16(26-2)8-6-15)21(24)23(22(20)25)13-14-28-18-11-9-17(27-3)10-12-18/h5-12H,4,13-14H2,1-3H3. The lowest BCUT2D eigenvalue weighted by atomic mass is 10.1. The van der Waals surface area contributed by atoms with Crippen LogP contribution >= 0.6 is 11.8 Å². The second-order valence-corrected chi connectivity index (χ2v) is 7.43. The number of hydrogen-bond donors (Lipinski definition) is 0. The molecule has 0 unspecified atom stereocenters. The summed E-state index contributed by atoms with van der Waals surface area (Å²) in [6, 6.07) is 14.3. The zero-order valence-electron chi connectivity index (χ0n) is 16.6. The van der Waals surface area contributed by atoms with Crippen LogP contribution in [0.5, 0.6) is 17.2 Å². The smallest absolute Gasteiger partial charge is 0.268 e. The first-order valence-electron chi connectivity index (χ1n) is 9.23. The summed E-state index contributed by atoms with van der Waals surface area (Å²) < 4.78 is 16.0. The summed E-state index contributed by atoms with van der Waals surface area (Å²) in [5, 5.41) is 0. The quantitative estimate of drug-likeness (QED) is 0.585. The van der Waals surface area contributed by atoms with Gasteiger partial charge in [-0.2, -0.15) is 0 Å². The highest BCUT2D eigenvalue weighted by atomic mass is 32.2. The van der Waals surface area contributed by atoms with E-state index < -0.39 is 0 Å². The number of amides is 2. The molecule has 3 rings (SSSR count). The molecule has 0 spiro atoms. The van der Waals surface area contributed by atoms with Crippen molar-refractivity contribution in [3.8, 4) is 17.2 Å². The summed E-state index contributed by atoms with van der Waals surface area (Å²) in [6.07, 6.45) is 0. The van der Waals surface area contributed by atoms with Crippen molar-refractivity contribution in [3.63, 3.8) is 0 Å². The minimum absolute atomic E-state index is 0.178. The third-order valence-corrected chi connectivity index (χ3v) is 5.39. The Morgan fingerprint density at radius 1 is 0.828 bits per heavy atom. The number of rotatable bonds is 9. The van der Waals surface area contributed by atoms with Gasteiger partial charge in [0.25, 0.3) is 11.8 Å². The molecule has 0 atom stereocenters. The van der Waals surface area contributed by atoms with E-state index in [0.717, 1.165) is 5.75 Å². The number of methoxy groups -OCH3 is 2. The SMILES string of the molecule is CCSC1=C(c2ccc(OC)cc2)C(=O)N(CCOc2ccc(OC)cc2)C1=O. The van der Waals surface area contributed by atoms with E-state index in [1.54, 1.807) is 62.8 Å². The number of ether oxygens (including phenoxy) is 3. The lowest BCUT2D eigenvalue weighted by Gasteiger charge is -2.16. The maximum Gasteiger partial charge on any atom is 0.268 e. The van der Waals surface area contributed by atoms with E-state index in [4.69, 9.17) is 14.2 Å². The number of imide groups is 1. The van der Waals surface area contributed by atoms with Crippen molar-refractivity contribution in [2.75, 3.05) is 33.1 Å². The number of thioether (sulfide) groups is 1. The molecule has 1 aliphatic rings. The Morgan fingerprint density at radius 2 is 1.38 bits per heavy atom. The van der Waals surface area contributed by atoms with E-state index in [9.17, 15) is 9.59 Å². The van der Waals surface area contributed by atoms with Gasteiger partial charge in [-0.15, -0.1) is 11.8 Å². The third-order valence-electron chi connectivity index (χ3n) is 4.44. The van der Waals surface area contributed by atoms with Crippen LogP contribution in [0.1, 0.15) is 12.5 Å². The highest BCUT2D eigenvalue weighted by Gasteiger charge is 2.38. The monoisotopic (exact) mass is 413 g/mol. The molecule has 1 aliphatic heterocycles. The molecule has 0 aliphatic carbocycles. The molecule has 0 saturated heterocycles. The van der Waals surface area contributed by atoms with E-state index in [0.29, 0.717) is 33.3 Å². The molecule has 2 aromatic carbocycles. The van der Waals surface area contributed by atoms with Crippen LogP contribution < -0.4 is 14.2 Å². The fourth-order valence-corrected chi connectivity index (χ4v) is 3.85. The van der Waals surface area contributed by atoms with Gasteiger partial charge in [-0.25, -0.2) is 0 Å². The number of nitrogens with zero attached hydrogens (tertiary/aromatic N) is 1. The van der Waals surface area contributed by atoms with Gasteiger partial charge in [0, 0.05) is 0 Å². The first-order chi connectivity index (χ1) is 14.1. The van der Waals surface area contributed by atoms with Gasteiger partial charge >= 0.3 is 0 Å². The Hall–Kier alpha value is -2.93. The summed E-state index contributed by atoms with van der Waals surface area (Å²) in [6.45, 7) is 2.34. The topological polar surface area (TPSA) is 65.1 Å². The minimum Gasteiger partial charge on any atom is -0.497 e. The van der Waals surface area contributed by atoms with Crippen molar-refractivity contribution in [2.24, 2.45) is 0 Å². The molecule has 2 aromatic rings. The van der Waals surface area contributed by atoms with Gasteiger partial charge in [-0.3, -0.25) is 14.5 Å². The highest BCUT2D eigenvalue weighted by Crippen LogP contribution is 2.36. The number of carbonyl (C=O) groups excluding carboxylic acids is 2. The molecule has 6 nitrogen and oxygen atoms in total. The van der Waals surface area contributed by atoms with E-state index in [1.807, 2.05) is 6.92 Å². The molecule has 7 heteroatoms. The van der Waals surface area contributed by atoms with Crippen molar-refractivity contribution >= 4 is 29.1 Å². The molecule has 0 aromatic heterocycles. The molecule has 0 radical (unpaired) electrons. The summed E-state index contributed by atoms with van der Waals surface area (Å²) >= 11 is 1.38. The fourth-order valence-electron chi connectivity index (χ4n) is 2.97. The molecule has 29 heavy (non-hydrogen) atoms. The lowest BCUT2D eigenvalue weighted by Crippen LogP contribution is -2.35. The molecule has 2 amide bonds. The fraction of sp³-hybridized carbons (Fsp3) is 0.273. The van der Waals surface area contributed by atoms with Crippen molar-refractivity contribution in [1.82, 2.24) is 4.90 Å². The van der Waals surface area contributed by atoms with Gasteiger partial charge in [0.2, 0.25) is 0 Å². The maximum absolute atomic E-state index is 13.0. The molecule has 1 heterocycles. The average molecular weight is 413 g/mol. The van der Waals surface area contributed by atoms with Crippen LogP contribution in [-0.2, 0) is 9.59 Å². The van der Waals surface area contributed by atoms with Crippen LogP contribution in [0.25, 0.3) is 5.57 Å². The van der Waals surface area contributed by atoms with E-state index in [-0.39, 0.29) is 25.0 Å². The van der Waals surface area contributed by atoms with Crippen molar-refractivity contribution < 1.29 is 23.8 Å². The Balaban J connectivity index is 1.72. The van der Waals surface area contributed by atoms with Gasteiger partial charge < -0.3 is 14.2 Å². The second-order valence-electron chi connectivity index (χ2n) is 6.15. The summed E-state index contributed by atoms with van der Waals surface area (Å²) in [5.41, 5.74) is 1.15. The van der Waals surface area contributed by atoms with Gasteiger partial charge in [0.1, 0.15) is 23.9 Å². The highest BCUT2D eigenvalue weighted by molar-refractivity contribution is 8.04. The number of carbonyl (C=O) groups is 2. The molecular formula is C22H23NO5S. The van der Waals surface area contributed by atoms with Crippen LogP contribution in [0.15, 0.2) is 53.4 Å². The Bertz CT molecular complexity index is 906. The normalized spacial score (nSPS) is 13.8. The van der Waals surface area contributed by atoms with Gasteiger partial charge in [-0.05, 0) is 47.7 Å². The van der Waals surface area contributed by atoms with E-state index in [1.165, 1.54) is 16.7 Å². The molecule has 0 bridgehead atoms. The molecule has 152 valence electrons. The zero-order valence-corrected chi connectivity index (χ0v) is 17.5. The van der Waals surface area contributed by atoms with Crippen LogP contribution in [0, 0.1) is 0 Å². The maximum atomic E-state index is 13.0. The number of benzene rings is 2. The Labute approximate surface area is 174 Å². The predicted octanol–water partition coefficient (Wildman–Crippen LogP) is 3.62. The summed E-state index contributed by atoms with van der Waals surface area (Å²) in [7, 11) is 3.18. The van der Waals surface area contributed by atoms with Crippen LogP contribution in [0.3, 0.4) is 0 Å². The largest absolute Gasteiger partial charge is 0.497 e. The number of hydrogen-bond acceptors (Lipinski definition) is 6.